The molecule has 0 unspecified atom stereocenters. The van der Waals surface area contributed by atoms with E-state index in [0.29, 0.717) is 16.9 Å². The smallest absolute Gasteiger partial charge is 0.253 e. The van der Waals surface area contributed by atoms with E-state index in [2.05, 4.69) is 15.5 Å². The van der Waals surface area contributed by atoms with E-state index in [1.807, 2.05) is 13.8 Å². The van der Waals surface area contributed by atoms with E-state index < -0.39 is 0 Å². The molecule has 1 amide bonds. The minimum atomic E-state index is -0.176. The molecule has 2 N–H and O–H groups in total. The van der Waals surface area contributed by atoms with E-state index in [1.165, 1.54) is 12.1 Å². The fourth-order valence-electron chi connectivity index (χ4n) is 1.72. The first-order valence-electron chi connectivity index (χ1n) is 6.67. The molecular weight excluding hydrogens is 266 g/mol. The number of nitrogens with zero attached hydrogens (tertiary/aromatic N) is 2. The lowest BCUT2D eigenvalue weighted by Gasteiger charge is -2.09. The Morgan fingerprint density at radius 3 is 2.38 bits per heavy atom. The lowest BCUT2D eigenvalue weighted by molar-refractivity contribution is 0.0944. The first-order chi connectivity index (χ1) is 10.1. The summed E-state index contributed by atoms with van der Waals surface area (Å²) >= 11 is 0. The van der Waals surface area contributed by atoms with Crippen LogP contribution in [0.25, 0.3) is 0 Å². The third-order valence-corrected chi connectivity index (χ3v) is 2.69. The van der Waals surface area contributed by atoms with Crippen LogP contribution < -0.4 is 5.32 Å². The quantitative estimate of drug-likeness (QED) is 0.834. The molecule has 21 heavy (non-hydrogen) atoms. The van der Waals surface area contributed by atoms with E-state index in [1.54, 1.807) is 36.4 Å². The van der Waals surface area contributed by atoms with Crippen LogP contribution in [0, 0.1) is 0 Å². The summed E-state index contributed by atoms with van der Waals surface area (Å²) < 4.78 is 0. The molecule has 0 fully saturated rings. The van der Waals surface area contributed by atoms with Gasteiger partial charge >= 0.3 is 0 Å². The number of nitrogens with one attached hydrogen (secondary N) is 1. The van der Waals surface area contributed by atoms with Gasteiger partial charge in [0, 0.05) is 6.04 Å². The molecule has 0 saturated carbocycles. The molecule has 0 heterocycles. The van der Waals surface area contributed by atoms with Crippen LogP contribution in [0.15, 0.2) is 58.8 Å². The highest BCUT2D eigenvalue weighted by Gasteiger charge is 2.11. The molecule has 0 aromatic heterocycles. The molecule has 5 heteroatoms. The van der Waals surface area contributed by atoms with Crippen molar-refractivity contribution in [1.29, 1.82) is 0 Å². The van der Waals surface area contributed by atoms with Crippen LogP contribution in [-0.4, -0.2) is 17.1 Å². The zero-order valence-electron chi connectivity index (χ0n) is 11.9. The van der Waals surface area contributed by atoms with Gasteiger partial charge in [-0.1, -0.05) is 12.1 Å². The molecule has 0 spiro atoms. The van der Waals surface area contributed by atoms with Crippen molar-refractivity contribution in [2.24, 2.45) is 10.2 Å². The van der Waals surface area contributed by atoms with Gasteiger partial charge in [-0.05, 0) is 50.2 Å². The van der Waals surface area contributed by atoms with E-state index in [-0.39, 0.29) is 17.7 Å². The number of amides is 1. The fraction of sp³-hybridized carbons (Fsp3) is 0.188. The molecule has 2 rings (SSSR count). The number of azo groups is 1. The maximum absolute atomic E-state index is 12.1. The predicted molar refractivity (Wildman–Crippen MR) is 81.3 cm³/mol. The molecule has 0 saturated heterocycles. The Morgan fingerprint density at radius 2 is 1.71 bits per heavy atom. The molecular formula is C16H17N3O2. The molecule has 2 aromatic carbocycles. The number of rotatable bonds is 4. The van der Waals surface area contributed by atoms with Gasteiger partial charge in [-0.25, -0.2) is 0 Å². The van der Waals surface area contributed by atoms with Gasteiger partial charge in [-0.3, -0.25) is 4.79 Å². The Bertz CT molecular complexity index is 649. The average molecular weight is 283 g/mol. The van der Waals surface area contributed by atoms with Crippen LogP contribution in [0.3, 0.4) is 0 Å². The average Bonchev–Trinajstić information content (AvgIpc) is 2.46. The van der Waals surface area contributed by atoms with Crippen molar-refractivity contribution < 1.29 is 9.90 Å². The van der Waals surface area contributed by atoms with Gasteiger partial charge in [0.2, 0.25) is 0 Å². The van der Waals surface area contributed by atoms with Crippen LogP contribution in [0.1, 0.15) is 24.2 Å². The van der Waals surface area contributed by atoms with Crippen LogP contribution >= 0.6 is 0 Å². The number of hydrogen-bond donors (Lipinski definition) is 2. The van der Waals surface area contributed by atoms with Crippen molar-refractivity contribution in [2.45, 2.75) is 19.9 Å². The minimum absolute atomic E-state index is 0.0552. The van der Waals surface area contributed by atoms with Crippen LogP contribution in [-0.2, 0) is 0 Å². The van der Waals surface area contributed by atoms with Gasteiger partial charge < -0.3 is 10.4 Å². The number of phenols is 1. The summed E-state index contributed by atoms with van der Waals surface area (Å²) in [6.07, 6.45) is 0. The second-order valence-corrected chi connectivity index (χ2v) is 4.86. The summed E-state index contributed by atoms with van der Waals surface area (Å²) in [5.41, 5.74) is 1.59. The minimum Gasteiger partial charge on any atom is -0.508 e. The summed E-state index contributed by atoms with van der Waals surface area (Å²) in [5, 5.41) is 20.2. The summed E-state index contributed by atoms with van der Waals surface area (Å²) in [6, 6.07) is 13.5. The highest BCUT2D eigenvalue weighted by atomic mass is 16.3. The van der Waals surface area contributed by atoms with E-state index in [0.717, 1.165) is 0 Å². The SMILES string of the molecule is CC(C)NC(=O)c1ccccc1/N=N/c1ccc(O)cc1. The van der Waals surface area contributed by atoms with Crippen LogP contribution in [0.2, 0.25) is 0 Å². The van der Waals surface area contributed by atoms with Gasteiger partial charge in [0.25, 0.3) is 5.91 Å². The van der Waals surface area contributed by atoms with Gasteiger partial charge in [0.1, 0.15) is 5.75 Å². The van der Waals surface area contributed by atoms with Crippen molar-refractivity contribution in [1.82, 2.24) is 5.32 Å². The largest absolute Gasteiger partial charge is 0.508 e. The third kappa shape index (κ3) is 4.14. The zero-order chi connectivity index (χ0) is 15.2. The standard InChI is InChI=1S/C16H17N3O2/c1-11(2)17-16(21)14-5-3-4-6-15(14)19-18-12-7-9-13(20)10-8-12/h3-11,20H,1-2H3,(H,17,21)/b19-18+. The van der Waals surface area contributed by atoms with Crippen molar-refractivity contribution in [2.75, 3.05) is 0 Å². The second-order valence-electron chi connectivity index (χ2n) is 4.86. The molecule has 0 aliphatic carbocycles. The van der Waals surface area contributed by atoms with Crippen LogP contribution in [0.4, 0.5) is 11.4 Å². The topological polar surface area (TPSA) is 74.0 Å². The van der Waals surface area contributed by atoms with E-state index in [9.17, 15) is 9.90 Å². The number of benzene rings is 2. The first-order valence-corrected chi connectivity index (χ1v) is 6.67. The zero-order valence-corrected chi connectivity index (χ0v) is 11.9. The Kier molecular flexibility index (Phi) is 4.66. The maximum Gasteiger partial charge on any atom is 0.253 e. The van der Waals surface area contributed by atoms with Gasteiger partial charge in [-0.15, -0.1) is 5.11 Å². The van der Waals surface area contributed by atoms with Gasteiger partial charge in [0.05, 0.1) is 16.9 Å². The molecule has 108 valence electrons. The van der Waals surface area contributed by atoms with Crippen molar-refractivity contribution in [3.63, 3.8) is 0 Å². The Morgan fingerprint density at radius 1 is 1.05 bits per heavy atom. The number of hydrogen-bond acceptors (Lipinski definition) is 4. The first kappa shape index (κ1) is 14.7. The molecule has 0 atom stereocenters. The number of carbonyl (C=O) groups is 1. The molecule has 0 aliphatic rings. The Labute approximate surface area is 123 Å². The fourth-order valence-corrected chi connectivity index (χ4v) is 1.72. The number of carbonyl (C=O) groups excluding carboxylic acids is 1. The van der Waals surface area contributed by atoms with Gasteiger partial charge in [0.15, 0.2) is 0 Å². The van der Waals surface area contributed by atoms with E-state index in [4.69, 9.17) is 0 Å². The Hall–Kier alpha value is -2.69. The van der Waals surface area contributed by atoms with E-state index >= 15 is 0 Å². The van der Waals surface area contributed by atoms with Crippen LogP contribution in [0.5, 0.6) is 5.75 Å². The molecule has 5 nitrogen and oxygen atoms in total. The summed E-state index contributed by atoms with van der Waals surface area (Å²) in [5.74, 6) is -0.00378. The Balaban J connectivity index is 2.24. The number of phenolic OH excluding ortho intramolecular Hbond substituents is 1. The summed E-state index contributed by atoms with van der Waals surface area (Å²) in [7, 11) is 0. The highest BCUT2D eigenvalue weighted by Crippen LogP contribution is 2.23. The highest BCUT2D eigenvalue weighted by molar-refractivity contribution is 5.99. The third-order valence-electron chi connectivity index (χ3n) is 2.69. The summed E-state index contributed by atoms with van der Waals surface area (Å²) in [6.45, 7) is 3.80. The van der Waals surface area contributed by atoms with Crippen molar-refractivity contribution >= 4 is 17.3 Å². The summed E-state index contributed by atoms with van der Waals surface area (Å²) in [4.78, 5) is 12.1. The lowest BCUT2D eigenvalue weighted by Crippen LogP contribution is -2.30. The lowest BCUT2D eigenvalue weighted by atomic mass is 10.1. The molecule has 0 aliphatic heterocycles. The molecule has 0 bridgehead atoms. The predicted octanol–water partition coefficient (Wildman–Crippen LogP) is 3.95. The number of aromatic hydroxyl groups is 1. The monoisotopic (exact) mass is 283 g/mol. The van der Waals surface area contributed by atoms with Crippen molar-refractivity contribution in [3.05, 3.63) is 54.1 Å². The molecule has 2 aromatic rings. The normalized spacial score (nSPS) is 11.0. The maximum atomic E-state index is 12.1. The van der Waals surface area contributed by atoms with Gasteiger partial charge in [-0.2, -0.15) is 5.11 Å². The van der Waals surface area contributed by atoms with Crippen molar-refractivity contribution in [3.8, 4) is 5.75 Å². The second kappa shape index (κ2) is 6.65. The molecule has 0 radical (unpaired) electrons.